The fourth-order valence-electron chi connectivity index (χ4n) is 5.57. The summed E-state index contributed by atoms with van der Waals surface area (Å²) in [5, 5.41) is 17.1. The van der Waals surface area contributed by atoms with Crippen LogP contribution in [0.2, 0.25) is 0 Å². The Bertz CT molecular complexity index is 1290. The van der Waals surface area contributed by atoms with Crippen molar-refractivity contribution >= 4 is 18.3 Å². The predicted octanol–water partition coefficient (Wildman–Crippen LogP) is 5.11. The molecule has 1 unspecified atom stereocenters. The number of ether oxygens (including phenoxy) is 3. The number of carbonyl (C=O) groups is 2. The van der Waals surface area contributed by atoms with Crippen LogP contribution < -0.4 is 19.8 Å². The fourth-order valence-corrected chi connectivity index (χ4v) is 5.57. The number of hydrogen-bond donors (Lipinski definition) is 1. The second kappa shape index (κ2) is 19.6. The number of hydrazine groups is 1. The summed E-state index contributed by atoms with van der Waals surface area (Å²) in [6, 6.07) is 13.8. The molecule has 2 aliphatic heterocycles. The molecule has 2 aromatic rings. The van der Waals surface area contributed by atoms with Crippen LogP contribution >= 0.6 is 0 Å². The summed E-state index contributed by atoms with van der Waals surface area (Å²) in [7, 11) is 5.36. The smallest absolute Gasteiger partial charge is 0.146 e. The number of nitrogens with one attached hydrogen (secondary N) is 1. The van der Waals surface area contributed by atoms with Gasteiger partial charge in [0, 0.05) is 59.1 Å². The van der Waals surface area contributed by atoms with Gasteiger partial charge in [-0.2, -0.15) is 5.26 Å². The van der Waals surface area contributed by atoms with Crippen LogP contribution in [0.1, 0.15) is 63.6 Å². The van der Waals surface area contributed by atoms with Gasteiger partial charge in [0.15, 0.2) is 0 Å². The van der Waals surface area contributed by atoms with Crippen molar-refractivity contribution in [2.24, 2.45) is 0 Å². The molecule has 1 N–H and O–H groups in total. The Morgan fingerprint density at radius 2 is 1.89 bits per heavy atom. The lowest BCUT2D eigenvalue weighted by Gasteiger charge is -2.25. The lowest BCUT2D eigenvalue weighted by Crippen LogP contribution is -2.35. The molecule has 2 atom stereocenters. The predicted molar refractivity (Wildman–Crippen MR) is 178 cm³/mol. The van der Waals surface area contributed by atoms with E-state index in [-0.39, 0.29) is 17.9 Å². The minimum Gasteiger partial charge on any atom is -0.497 e. The third kappa shape index (κ3) is 11.0. The summed E-state index contributed by atoms with van der Waals surface area (Å²) in [6.45, 7) is 14.4. The molecule has 10 heteroatoms. The van der Waals surface area contributed by atoms with E-state index in [9.17, 15) is 10.1 Å². The van der Waals surface area contributed by atoms with E-state index in [1.807, 2.05) is 45.9 Å². The zero-order chi connectivity index (χ0) is 33.4. The van der Waals surface area contributed by atoms with Crippen molar-refractivity contribution in [3.05, 3.63) is 64.9 Å². The van der Waals surface area contributed by atoms with Gasteiger partial charge >= 0.3 is 0 Å². The number of likely N-dealkylation sites (N-methyl/N-ethyl adjacent to an activating group) is 1. The van der Waals surface area contributed by atoms with Crippen LogP contribution in [0.15, 0.2) is 48.2 Å². The molecule has 0 aromatic heterocycles. The maximum atomic E-state index is 12.0. The van der Waals surface area contributed by atoms with Gasteiger partial charge in [-0.25, -0.2) is 5.01 Å². The molecule has 0 bridgehead atoms. The van der Waals surface area contributed by atoms with Crippen LogP contribution in [0.4, 0.5) is 5.69 Å². The van der Waals surface area contributed by atoms with Gasteiger partial charge in [-0.05, 0) is 60.7 Å². The van der Waals surface area contributed by atoms with Gasteiger partial charge in [-0.1, -0.05) is 33.3 Å². The number of carbonyl (C=O) groups excluding carboxylic acids is 2. The van der Waals surface area contributed by atoms with Crippen molar-refractivity contribution in [1.82, 2.24) is 15.2 Å². The van der Waals surface area contributed by atoms with Crippen LogP contribution in [0.3, 0.4) is 0 Å². The molecule has 0 spiro atoms. The largest absolute Gasteiger partial charge is 0.497 e. The second-order valence-electron chi connectivity index (χ2n) is 10.9. The third-order valence-corrected chi connectivity index (χ3v) is 7.67. The summed E-state index contributed by atoms with van der Waals surface area (Å²) in [6.07, 6.45) is 5.02. The van der Waals surface area contributed by atoms with E-state index in [0.717, 1.165) is 68.0 Å². The SMILES string of the molecule is C=O.CC.CCCC(NCc1cc(O[C@H]2CCN(CC3=CN(c4cc(C#N)cc(OC)c4)N(C)C3)C2)ccc1COC)C(C)=O. The number of Topliss-reactive ketones (excluding diaryl/α,β-unsaturated/α-hetero) is 1. The monoisotopic (exact) mass is 621 g/mol. The molecule has 1 fully saturated rings. The van der Waals surface area contributed by atoms with E-state index in [1.54, 1.807) is 27.2 Å². The van der Waals surface area contributed by atoms with E-state index in [2.05, 4.69) is 51.6 Å². The number of ketones is 1. The standard InChI is InChI=1S/C32H43N5O4.C2H6.CH2O/c1-6-7-32(23(2)38)34-17-27-14-29(9-8-26(27)22-39-4)41-30-10-11-36(21-30)19-25-18-35(3)37(20-25)28-12-24(16-33)13-31(15-28)40-5;2*1-2/h8-9,12-15,20,30,32,34H,6-7,10-11,17-19,21-22H2,1-5H3;1-2H3;1H2/t30-,32?;;/m0../s1. The first-order valence-electron chi connectivity index (χ1n) is 15.6. The molecular formula is C35H51N5O5. The number of nitrogens with zero attached hydrogens (tertiary/aromatic N) is 4. The normalized spacial score (nSPS) is 16.9. The molecule has 246 valence electrons. The minimum absolute atomic E-state index is 0.113. The van der Waals surface area contributed by atoms with Gasteiger partial charge < -0.3 is 24.3 Å². The highest BCUT2D eigenvalue weighted by Crippen LogP contribution is 2.29. The van der Waals surface area contributed by atoms with E-state index in [4.69, 9.17) is 19.0 Å². The summed E-state index contributed by atoms with van der Waals surface area (Å²) in [5.74, 6) is 1.68. The number of methoxy groups -OCH3 is 2. The summed E-state index contributed by atoms with van der Waals surface area (Å²) >= 11 is 0. The van der Waals surface area contributed by atoms with Crippen LogP contribution in [0.5, 0.6) is 11.5 Å². The zero-order valence-electron chi connectivity index (χ0n) is 28.1. The number of anilines is 1. The lowest BCUT2D eigenvalue weighted by molar-refractivity contribution is -0.119. The number of hydrogen-bond acceptors (Lipinski definition) is 10. The first-order chi connectivity index (χ1) is 21.8. The van der Waals surface area contributed by atoms with Crippen LogP contribution in [-0.4, -0.2) is 82.1 Å². The molecule has 2 heterocycles. The Labute approximate surface area is 269 Å². The topological polar surface area (TPSA) is 107 Å². The number of nitriles is 1. The third-order valence-electron chi connectivity index (χ3n) is 7.67. The first kappa shape index (κ1) is 37.4. The van der Waals surface area contributed by atoms with E-state index in [1.165, 1.54) is 5.57 Å². The van der Waals surface area contributed by atoms with Crippen LogP contribution in [0.25, 0.3) is 0 Å². The Kier molecular flexibility index (Phi) is 16.3. The van der Waals surface area contributed by atoms with Crippen LogP contribution in [0, 0.1) is 11.3 Å². The zero-order valence-corrected chi connectivity index (χ0v) is 28.1. The van der Waals surface area contributed by atoms with Crippen molar-refractivity contribution in [3.63, 3.8) is 0 Å². The van der Waals surface area contributed by atoms with Crippen molar-refractivity contribution in [2.75, 3.05) is 52.5 Å². The van der Waals surface area contributed by atoms with Crippen molar-refractivity contribution in [2.45, 2.75) is 72.3 Å². The molecule has 0 saturated carbocycles. The molecule has 2 aliphatic rings. The Balaban J connectivity index is 0.00000169. The van der Waals surface area contributed by atoms with Crippen molar-refractivity contribution in [1.29, 1.82) is 5.26 Å². The van der Waals surface area contributed by atoms with Crippen molar-refractivity contribution < 1.29 is 23.8 Å². The number of benzene rings is 2. The highest BCUT2D eigenvalue weighted by molar-refractivity contribution is 5.81. The van der Waals surface area contributed by atoms with Gasteiger partial charge in [0.2, 0.25) is 0 Å². The number of rotatable bonds is 14. The van der Waals surface area contributed by atoms with Crippen molar-refractivity contribution in [3.8, 4) is 17.6 Å². The van der Waals surface area contributed by atoms with Crippen LogP contribution in [-0.2, 0) is 27.5 Å². The molecule has 0 aliphatic carbocycles. The first-order valence-corrected chi connectivity index (χ1v) is 15.6. The van der Waals surface area contributed by atoms with E-state index in [0.29, 0.717) is 24.5 Å². The molecule has 10 nitrogen and oxygen atoms in total. The maximum absolute atomic E-state index is 12.0. The molecule has 0 radical (unpaired) electrons. The summed E-state index contributed by atoms with van der Waals surface area (Å²) in [5.41, 5.74) is 4.98. The quantitative estimate of drug-likeness (QED) is 0.306. The summed E-state index contributed by atoms with van der Waals surface area (Å²) in [4.78, 5) is 22.5. The molecular weight excluding hydrogens is 570 g/mol. The molecule has 45 heavy (non-hydrogen) atoms. The van der Waals surface area contributed by atoms with Gasteiger partial charge in [-0.15, -0.1) is 0 Å². The van der Waals surface area contributed by atoms with Gasteiger partial charge in [0.05, 0.1) is 37.1 Å². The van der Waals surface area contributed by atoms with Gasteiger partial charge in [0.25, 0.3) is 0 Å². The molecule has 2 aromatic carbocycles. The fraction of sp³-hybridized carbons (Fsp3) is 0.514. The Morgan fingerprint density at radius 3 is 2.53 bits per heavy atom. The average molecular weight is 622 g/mol. The lowest BCUT2D eigenvalue weighted by atomic mass is 10.0. The highest BCUT2D eigenvalue weighted by Gasteiger charge is 2.28. The summed E-state index contributed by atoms with van der Waals surface area (Å²) < 4.78 is 17.3. The second-order valence-corrected chi connectivity index (χ2v) is 10.9. The van der Waals surface area contributed by atoms with E-state index >= 15 is 0 Å². The molecule has 1 saturated heterocycles. The molecule has 4 rings (SSSR count). The highest BCUT2D eigenvalue weighted by atomic mass is 16.5. The Hall–Kier alpha value is -3.75. The number of likely N-dealkylation sites (tertiary alicyclic amines) is 1. The van der Waals surface area contributed by atoms with Gasteiger partial charge in [0.1, 0.15) is 30.2 Å². The maximum Gasteiger partial charge on any atom is 0.146 e. The van der Waals surface area contributed by atoms with E-state index < -0.39 is 0 Å². The Morgan fingerprint density at radius 1 is 1.13 bits per heavy atom. The minimum atomic E-state index is -0.138. The average Bonchev–Trinajstić information content (AvgIpc) is 3.66. The molecule has 0 amide bonds. The van der Waals surface area contributed by atoms with Gasteiger partial charge in [-0.3, -0.25) is 14.7 Å².